The lowest BCUT2D eigenvalue weighted by molar-refractivity contribution is -0.132. The molecule has 0 aromatic rings. The second kappa shape index (κ2) is 6.20. The maximum atomic E-state index is 12.1. The van der Waals surface area contributed by atoms with E-state index >= 15 is 0 Å². The highest BCUT2D eigenvalue weighted by Crippen LogP contribution is 2.46. The zero-order valence-corrected chi connectivity index (χ0v) is 12.9. The van der Waals surface area contributed by atoms with Crippen molar-refractivity contribution in [2.75, 3.05) is 6.54 Å². The molecular weight excluding hydrogens is 276 g/mol. The molecule has 3 unspecified atom stereocenters. The van der Waals surface area contributed by atoms with E-state index in [-0.39, 0.29) is 16.8 Å². The molecule has 2 heterocycles. The fourth-order valence-corrected chi connectivity index (χ4v) is 5.06. The predicted octanol–water partition coefficient (Wildman–Crippen LogP) is 1.83. The number of hydrogen-bond acceptors (Lipinski definition) is 2. The molecule has 3 fully saturated rings. The van der Waals surface area contributed by atoms with Crippen LogP contribution in [0.3, 0.4) is 0 Å². The van der Waals surface area contributed by atoms with Crippen LogP contribution in [0.25, 0.3) is 0 Å². The van der Waals surface area contributed by atoms with E-state index in [1.807, 2.05) is 0 Å². The molecule has 3 rings (SSSR count). The summed E-state index contributed by atoms with van der Waals surface area (Å²) in [5.41, 5.74) is 5.33. The van der Waals surface area contributed by atoms with Crippen LogP contribution < -0.4 is 5.73 Å². The Balaban J connectivity index is 0.00000147. The molecule has 2 aliphatic heterocycles. The van der Waals surface area contributed by atoms with E-state index in [2.05, 4.69) is 4.90 Å². The lowest BCUT2D eigenvalue weighted by atomic mass is 9.83. The molecule has 0 spiro atoms. The lowest BCUT2D eigenvalue weighted by Gasteiger charge is -2.46. The maximum absolute atomic E-state index is 12.1. The minimum absolute atomic E-state index is 0. The maximum Gasteiger partial charge on any atom is 0.238 e. The first-order valence-electron chi connectivity index (χ1n) is 7.82. The third-order valence-electron chi connectivity index (χ3n) is 5.61. The van der Waals surface area contributed by atoms with Gasteiger partial charge in [-0.2, -0.15) is 0 Å². The molecular formula is C15H27ClN2O2. The largest absolute Gasteiger partial charge is 0.412 e. The number of carbonyl (C=O) groups excluding carboxylic acids is 1. The summed E-state index contributed by atoms with van der Waals surface area (Å²) in [5, 5.41) is 0.127. The fourth-order valence-electron chi connectivity index (χ4n) is 4.60. The number of halogens is 1. The molecule has 20 heavy (non-hydrogen) atoms. The Bertz CT molecular complexity index is 360. The van der Waals surface area contributed by atoms with Gasteiger partial charge in [-0.05, 0) is 44.4 Å². The smallest absolute Gasteiger partial charge is 0.238 e. The Morgan fingerprint density at radius 3 is 2.60 bits per heavy atom. The molecule has 0 aromatic heterocycles. The lowest BCUT2D eigenvalue weighted by Crippen LogP contribution is -2.61. The van der Waals surface area contributed by atoms with E-state index in [1.54, 1.807) is 0 Å². The number of alkyl halides is 1. The Hall–Kier alpha value is -0.320. The van der Waals surface area contributed by atoms with Crippen LogP contribution in [0.2, 0.25) is 0 Å². The van der Waals surface area contributed by atoms with Gasteiger partial charge in [0.2, 0.25) is 5.91 Å². The van der Waals surface area contributed by atoms with E-state index in [0.717, 1.165) is 38.1 Å². The van der Waals surface area contributed by atoms with Crippen LogP contribution in [-0.4, -0.2) is 39.8 Å². The number of nitrogens with zero attached hydrogens (tertiary/aromatic N) is 1. The van der Waals surface area contributed by atoms with E-state index in [1.165, 1.54) is 32.1 Å². The highest BCUT2D eigenvalue weighted by Gasteiger charge is 2.55. The van der Waals surface area contributed by atoms with Crippen molar-refractivity contribution < 1.29 is 10.3 Å². The average molecular weight is 303 g/mol. The first-order chi connectivity index (χ1) is 9.12. The number of hydrogen-bond donors (Lipinski definition) is 1. The van der Waals surface area contributed by atoms with Gasteiger partial charge in [-0.3, -0.25) is 9.69 Å². The Morgan fingerprint density at radius 2 is 1.95 bits per heavy atom. The topological polar surface area (TPSA) is 77.8 Å². The molecule has 0 radical (unpaired) electrons. The van der Waals surface area contributed by atoms with Crippen LogP contribution in [0, 0.1) is 5.92 Å². The van der Waals surface area contributed by atoms with Gasteiger partial charge in [0.1, 0.15) is 5.54 Å². The second-order valence-electron chi connectivity index (χ2n) is 6.78. The summed E-state index contributed by atoms with van der Waals surface area (Å²) < 4.78 is 0. The molecule has 2 saturated heterocycles. The van der Waals surface area contributed by atoms with Gasteiger partial charge in [-0.25, -0.2) is 0 Å². The van der Waals surface area contributed by atoms with Gasteiger partial charge in [-0.1, -0.05) is 19.3 Å². The standard InChI is InChI=1S/C15H25ClN2O.H2O/c16-12-8-13-6-7-15(9-12,14(17)19)18(13)10-11-4-2-1-3-5-11;/h11-13H,1-10H2,(H2,17,19);1H2. The number of primary amides is 1. The molecule has 5 heteroatoms. The van der Waals surface area contributed by atoms with Crippen LogP contribution in [0.1, 0.15) is 57.8 Å². The van der Waals surface area contributed by atoms with Crippen molar-refractivity contribution in [2.24, 2.45) is 11.7 Å². The zero-order valence-electron chi connectivity index (χ0n) is 12.1. The van der Waals surface area contributed by atoms with Crippen molar-refractivity contribution in [1.29, 1.82) is 0 Å². The second-order valence-corrected chi connectivity index (χ2v) is 7.40. The summed E-state index contributed by atoms with van der Waals surface area (Å²) >= 11 is 6.35. The van der Waals surface area contributed by atoms with Gasteiger partial charge >= 0.3 is 0 Å². The van der Waals surface area contributed by atoms with Crippen LogP contribution in [0.15, 0.2) is 0 Å². The Morgan fingerprint density at radius 1 is 1.25 bits per heavy atom. The number of rotatable bonds is 3. The van der Waals surface area contributed by atoms with Gasteiger partial charge in [0, 0.05) is 18.0 Å². The quantitative estimate of drug-likeness (QED) is 0.807. The summed E-state index contributed by atoms with van der Waals surface area (Å²) in [6, 6.07) is 0.491. The van der Waals surface area contributed by atoms with Crippen LogP contribution in [0.5, 0.6) is 0 Å². The number of carbonyl (C=O) groups is 1. The number of nitrogens with two attached hydrogens (primary N) is 1. The average Bonchev–Trinajstić information content (AvgIpc) is 2.61. The number of piperidine rings is 1. The molecule has 3 atom stereocenters. The van der Waals surface area contributed by atoms with Crippen LogP contribution >= 0.6 is 11.6 Å². The SMILES string of the molecule is NC(=O)C12CCC(CC(Cl)C1)N2CC1CCCCC1.O. The summed E-state index contributed by atoms with van der Waals surface area (Å²) in [6.45, 7) is 1.07. The molecule has 3 aliphatic rings. The van der Waals surface area contributed by atoms with Crippen molar-refractivity contribution in [3.63, 3.8) is 0 Å². The predicted molar refractivity (Wildman–Crippen MR) is 80.7 cm³/mol. The molecule has 1 saturated carbocycles. The van der Waals surface area contributed by atoms with E-state index in [4.69, 9.17) is 17.3 Å². The molecule has 1 amide bonds. The molecule has 116 valence electrons. The molecule has 0 aromatic carbocycles. The van der Waals surface area contributed by atoms with Gasteiger partial charge in [0.15, 0.2) is 0 Å². The molecule has 4 N–H and O–H groups in total. The molecule has 2 bridgehead atoms. The van der Waals surface area contributed by atoms with Gasteiger partial charge < -0.3 is 11.2 Å². The highest BCUT2D eigenvalue weighted by molar-refractivity contribution is 6.21. The third kappa shape index (κ3) is 2.70. The monoisotopic (exact) mass is 302 g/mol. The minimum Gasteiger partial charge on any atom is -0.412 e. The zero-order chi connectivity index (χ0) is 13.5. The summed E-state index contributed by atoms with van der Waals surface area (Å²) in [5.74, 6) is 0.621. The van der Waals surface area contributed by atoms with Crippen LogP contribution in [0.4, 0.5) is 0 Å². The number of amides is 1. The Kier molecular flexibility index (Phi) is 4.98. The van der Waals surface area contributed by atoms with Crippen molar-refractivity contribution in [1.82, 2.24) is 4.90 Å². The Labute approximate surface area is 126 Å². The van der Waals surface area contributed by atoms with Gasteiger partial charge in [-0.15, -0.1) is 11.6 Å². The summed E-state index contributed by atoms with van der Waals surface area (Å²) in [4.78, 5) is 14.5. The first kappa shape index (κ1) is 16.1. The van der Waals surface area contributed by atoms with E-state index in [9.17, 15) is 4.79 Å². The molecule has 1 aliphatic carbocycles. The third-order valence-corrected chi connectivity index (χ3v) is 5.94. The van der Waals surface area contributed by atoms with Crippen molar-refractivity contribution in [3.05, 3.63) is 0 Å². The minimum atomic E-state index is -0.424. The van der Waals surface area contributed by atoms with Crippen molar-refractivity contribution in [3.8, 4) is 0 Å². The van der Waals surface area contributed by atoms with Gasteiger partial charge in [0.05, 0.1) is 0 Å². The summed E-state index contributed by atoms with van der Waals surface area (Å²) in [7, 11) is 0. The summed E-state index contributed by atoms with van der Waals surface area (Å²) in [6.07, 6.45) is 10.5. The van der Waals surface area contributed by atoms with Gasteiger partial charge in [0.25, 0.3) is 0 Å². The van der Waals surface area contributed by atoms with Crippen molar-refractivity contribution in [2.45, 2.75) is 74.7 Å². The van der Waals surface area contributed by atoms with E-state index in [0.29, 0.717) is 6.04 Å². The number of fused-ring (bicyclic) bond motifs is 2. The van der Waals surface area contributed by atoms with E-state index < -0.39 is 5.54 Å². The van der Waals surface area contributed by atoms with Crippen molar-refractivity contribution >= 4 is 17.5 Å². The highest BCUT2D eigenvalue weighted by atomic mass is 35.5. The molecule has 4 nitrogen and oxygen atoms in total. The van der Waals surface area contributed by atoms with Crippen LogP contribution in [-0.2, 0) is 4.79 Å². The first-order valence-corrected chi connectivity index (χ1v) is 8.26. The fraction of sp³-hybridized carbons (Fsp3) is 0.933. The normalized spacial score (nSPS) is 38.5.